The van der Waals surface area contributed by atoms with Crippen LogP contribution in [0.1, 0.15) is 426 Å². The fraction of sp³-hybridized carbons (Fsp3) is 0.949. The van der Waals surface area contributed by atoms with Crippen LogP contribution in [-0.4, -0.2) is 96.7 Å². The third kappa shape index (κ3) is 72.4. The van der Waals surface area contributed by atoms with Crippen molar-refractivity contribution >= 4 is 39.5 Å². The minimum Gasteiger partial charge on any atom is -0.462 e. The molecule has 0 heterocycles. The monoisotopic (exact) mass is 1440 g/mol. The van der Waals surface area contributed by atoms with E-state index in [1.165, 1.54) is 257 Å². The molecule has 582 valence electrons. The van der Waals surface area contributed by atoms with Gasteiger partial charge in [0.25, 0.3) is 0 Å². The lowest BCUT2D eigenvalue weighted by Gasteiger charge is -2.21. The van der Waals surface area contributed by atoms with E-state index in [1.54, 1.807) is 0 Å². The highest BCUT2D eigenvalue weighted by Crippen LogP contribution is 2.45. The van der Waals surface area contributed by atoms with Gasteiger partial charge in [-0.1, -0.05) is 374 Å². The Balaban J connectivity index is 5.20. The molecular weight excluding hydrogens is 1280 g/mol. The number of unbranched alkanes of at least 4 members (excludes halogenated alkanes) is 54. The second kappa shape index (κ2) is 73.4. The summed E-state index contributed by atoms with van der Waals surface area (Å²) >= 11 is 0. The topological polar surface area (TPSA) is 237 Å². The molecule has 0 fully saturated rings. The highest BCUT2D eigenvalue weighted by molar-refractivity contribution is 7.47. The van der Waals surface area contributed by atoms with Gasteiger partial charge in [0.05, 0.1) is 26.4 Å². The van der Waals surface area contributed by atoms with Gasteiger partial charge >= 0.3 is 39.5 Å². The summed E-state index contributed by atoms with van der Waals surface area (Å²) in [5.41, 5.74) is 0. The van der Waals surface area contributed by atoms with Crippen LogP contribution < -0.4 is 0 Å². The Bertz CT molecular complexity index is 1860. The van der Waals surface area contributed by atoms with Gasteiger partial charge in [0.15, 0.2) is 12.2 Å². The molecular formula is C79H154O17P2. The summed E-state index contributed by atoms with van der Waals surface area (Å²) in [6.45, 7) is 4.99. The third-order valence-electron chi connectivity index (χ3n) is 18.6. The fourth-order valence-corrected chi connectivity index (χ4v) is 13.9. The van der Waals surface area contributed by atoms with Gasteiger partial charge in [0.1, 0.15) is 19.3 Å². The molecule has 0 aromatic heterocycles. The van der Waals surface area contributed by atoms with Gasteiger partial charge in [-0.15, -0.1) is 0 Å². The molecule has 0 aliphatic heterocycles. The van der Waals surface area contributed by atoms with E-state index < -0.39 is 97.5 Å². The molecule has 0 spiro atoms. The summed E-state index contributed by atoms with van der Waals surface area (Å²) < 4.78 is 68.6. The average Bonchev–Trinajstić information content (AvgIpc) is 0.990. The Hall–Kier alpha value is -1.94. The number of hydrogen-bond donors (Lipinski definition) is 3. The van der Waals surface area contributed by atoms with Gasteiger partial charge in [0.2, 0.25) is 0 Å². The first-order valence-corrected chi connectivity index (χ1v) is 44.3. The third-order valence-corrected chi connectivity index (χ3v) is 20.5. The number of aliphatic hydroxyl groups is 1. The molecule has 0 radical (unpaired) electrons. The van der Waals surface area contributed by atoms with Crippen molar-refractivity contribution in [1.82, 2.24) is 0 Å². The zero-order valence-electron chi connectivity index (χ0n) is 63.8. The SMILES string of the molecule is CCCCCCCCCCCCCCCCCCCCCC(=O)O[C@H](COC(=O)CCCCCCCCCCCCCCCCCC)COP(=O)(O)OC[C@@H](O)COP(=O)(O)OC[C@@H](COC(=O)CCCCCCCCCC)OC(=O)CCCCCCCCCCCCCCCCC. The lowest BCUT2D eigenvalue weighted by molar-refractivity contribution is -0.161. The van der Waals surface area contributed by atoms with Crippen molar-refractivity contribution in [3.05, 3.63) is 0 Å². The second-order valence-electron chi connectivity index (χ2n) is 28.5. The summed E-state index contributed by atoms with van der Waals surface area (Å²) in [6.07, 6.45) is 65.2. The van der Waals surface area contributed by atoms with Crippen LogP contribution in [0.5, 0.6) is 0 Å². The summed E-state index contributed by atoms with van der Waals surface area (Å²) in [4.78, 5) is 72.9. The number of ether oxygens (including phenoxy) is 4. The van der Waals surface area contributed by atoms with Crippen LogP contribution >= 0.6 is 15.6 Å². The summed E-state index contributed by atoms with van der Waals surface area (Å²) in [7, 11) is -9.91. The Morgan fingerprint density at radius 1 is 0.245 bits per heavy atom. The number of rotatable bonds is 80. The molecule has 3 N–H and O–H groups in total. The van der Waals surface area contributed by atoms with E-state index in [1.807, 2.05) is 0 Å². The van der Waals surface area contributed by atoms with E-state index in [0.717, 1.165) is 89.9 Å². The molecule has 0 aliphatic rings. The quantitative estimate of drug-likeness (QED) is 0.0222. The van der Waals surface area contributed by atoms with Gasteiger partial charge < -0.3 is 33.8 Å². The Morgan fingerprint density at radius 2 is 0.408 bits per heavy atom. The van der Waals surface area contributed by atoms with Crippen molar-refractivity contribution in [2.24, 2.45) is 0 Å². The van der Waals surface area contributed by atoms with Gasteiger partial charge in [0, 0.05) is 25.7 Å². The highest BCUT2D eigenvalue weighted by Gasteiger charge is 2.30. The molecule has 5 atom stereocenters. The number of phosphoric ester groups is 2. The zero-order chi connectivity index (χ0) is 71.8. The minimum absolute atomic E-state index is 0.109. The molecule has 19 heteroatoms. The maximum Gasteiger partial charge on any atom is 0.472 e. The minimum atomic E-state index is -4.96. The predicted molar refractivity (Wildman–Crippen MR) is 400 cm³/mol. The first kappa shape index (κ1) is 96.1. The molecule has 17 nitrogen and oxygen atoms in total. The van der Waals surface area contributed by atoms with E-state index in [4.69, 9.17) is 37.0 Å². The smallest absolute Gasteiger partial charge is 0.462 e. The van der Waals surface area contributed by atoms with Crippen molar-refractivity contribution in [3.63, 3.8) is 0 Å². The Labute approximate surface area is 600 Å². The van der Waals surface area contributed by atoms with Gasteiger partial charge in [-0.25, -0.2) is 9.13 Å². The van der Waals surface area contributed by atoms with Gasteiger partial charge in [-0.2, -0.15) is 0 Å². The molecule has 0 saturated carbocycles. The molecule has 0 aromatic carbocycles. The lowest BCUT2D eigenvalue weighted by atomic mass is 10.0. The van der Waals surface area contributed by atoms with Crippen LogP contribution in [0.25, 0.3) is 0 Å². The zero-order valence-corrected chi connectivity index (χ0v) is 65.6. The Morgan fingerprint density at radius 3 is 0.602 bits per heavy atom. The molecule has 98 heavy (non-hydrogen) atoms. The van der Waals surface area contributed by atoms with E-state index in [0.29, 0.717) is 25.7 Å². The molecule has 0 rings (SSSR count). The summed E-state index contributed by atoms with van der Waals surface area (Å²) in [5.74, 6) is -2.11. The van der Waals surface area contributed by atoms with E-state index >= 15 is 0 Å². The molecule has 2 unspecified atom stereocenters. The first-order chi connectivity index (χ1) is 47.7. The molecule has 0 aromatic rings. The number of aliphatic hydroxyl groups excluding tert-OH is 1. The summed E-state index contributed by atoms with van der Waals surface area (Å²) in [5, 5.41) is 10.6. The van der Waals surface area contributed by atoms with E-state index in [9.17, 15) is 43.2 Å². The maximum atomic E-state index is 13.1. The normalized spacial score (nSPS) is 13.8. The van der Waals surface area contributed by atoms with Crippen molar-refractivity contribution in [2.75, 3.05) is 39.6 Å². The molecule has 0 saturated heterocycles. The van der Waals surface area contributed by atoms with Crippen LogP contribution in [0, 0.1) is 0 Å². The number of phosphoric acid groups is 2. The number of carbonyl (C=O) groups excluding carboxylic acids is 4. The fourth-order valence-electron chi connectivity index (χ4n) is 12.3. The van der Waals surface area contributed by atoms with Crippen LogP contribution in [0.15, 0.2) is 0 Å². The van der Waals surface area contributed by atoms with E-state index in [2.05, 4.69) is 27.7 Å². The Kier molecular flexibility index (Phi) is 71.9. The standard InChI is InChI=1S/C79H154O17P2/c1-5-9-13-17-21-25-28-31-34-36-37-38-41-44-47-50-54-58-62-66-79(84)96-75(70-90-77(82)64-60-56-52-48-45-42-40-35-32-29-26-22-18-14-10-6-2)72-94-98(87,88)92-68-73(80)67-91-97(85,86)93-71-74(69-89-76(81)63-59-55-51-24-20-16-12-8-4)95-78(83)65-61-57-53-49-46-43-39-33-30-27-23-19-15-11-7-3/h73-75,80H,5-72H2,1-4H3,(H,85,86)(H,87,88)/t73-,74+,75+/m0/s1. The van der Waals surface area contributed by atoms with Gasteiger partial charge in [-0.05, 0) is 25.7 Å². The highest BCUT2D eigenvalue weighted by atomic mass is 31.2. The van der Waals surface area contributed by atoms with Crippen LogP contribution in [0.2, 0.25) is 0 Å². The average molecular weight is 1440 g/mol. The molecule has 0 amide bonds. The number of carbonyl (C=O) groups is 4. The lowest BCUT2D eigenvalue weighted by Crippen LogP contribution is -2.30. The molecule has 0 aliphatic carbocycles. The maximum absolute atomic E-state index is 13.1. The van der Waals surface area contributed by atoms with Crippen molar-refractivity contribution < 1.29 is 80.2 Å². The van der Waals surface area contributed by atoms with Gasteiger partial charge in [-0.3, -0.25) is 37.3 Å². The largest absolute Gasteiger partial charge is 0.472 e. The van der Waals surface area contributed by atoms with Crippen LogP contribution in [0.3, 0.4) is 0 Å². The predicted octanol–water partition coefficient (Wildman–Crippen LogP) is 23.8. The first-order valence-electron chi connectivity index (χ1n) is 41.3. The van der Waals surface area contributed by atoms with Crippen molar-refractivity contribution in [2.45, 2.75) is 444 Å². The van der Waals surface area contributed by atoms with Crippen molar-refractivity contribution in [1.29, 1.82) is 0 Å². The number of esters is 4. The van der Waals surface area contributed by atoms with Crippen LogP contribution in [0.4, 0.5) is 0 Å². The van der Waals surface area contributed by atoms with E-state index in [-0.39, 0.29) is 25.7 Å². The van der Waals surface area contributed by atoms with Crippen LogP contribution in [-0.2, 0) is 65.4 Å². The van der Waals surface area contributed by atoms with Crippen molar-refractivity contribution in [3.8, 4) is 0 Å². The number of hydrogen-bond acceptors (Lipinski definition) is 15. The molecule has 0 bridgehead atoms. The second-order valence-corrected chi connectivity index (χ2v) is 31.4. The summed E-state index contributed by atoms with van der Waals surface area (Å²) in [6, 6.07) is 0.